The van der Waals surface area contributed by atoms with E-state index in [1.54, 1.807) is 0 Å². The number of nitro benzene ring substituents is 1. The summed E-state index contributed by atoms with van der Waals surface area (Å²) >= 11 is 6.10. The molecule has 0 saturated heterocycles. The van der Waals surface area contributed by atoms with Crippen molar-refractivity contribution in [3.8, 4) is 0 Å². The van der Waals surface area contributed by atoms with Gasteiger partial charge >= 0.3 is 5.66 Å². The van der Waals surface area contributed by atoms with Gasteiger partial charge in [-0.2, -0.15) is 0 Å². The SMILES string of the molecule is O=[N+]([O-])c1cc(Br)ccc1C1=CC=C(Br)CC1([N+](=O)[O-])[N+](=O)[O-]. The van der Waals surface area contributed by atoms with E-state index in [1.807, 2.05) is 0 Å². The average Bonchev–Trinajstić information content (AvgIpc) is 2.46. The number of halogens is 2. The van der Waals surface area contributed by atoms with Gasteiger partial charge in [-0.05, 0) is 18.2 Å². The number of hydrogen-bond acceptors (Lipinski definition) is 6. The summed E-state index contributed by atoms with van der Waals surface area (Å²) in [5.74, 6) is 0. The first kappa shape index (κ1) is 17.2. The van der Waals surface area contributed by atoms with Gasteiger partial charge in [-0.3, -0.25) is 30.3 Å². The minimum Gasteiger partial charge on any atom is -0.258 e. The lowest BCUT2D eigenvalue weighted by Crippen LogP contribution is -2.48. The summed E-state index contributed by atoms with van der Waals surface area (Å²) in [6.07, 6.45) is 2.04. The van der Waals surface area contributed by atoms with Crippen LogP contribution in [-0.4, -0.2) is 20.4 Å². The summed E-state index contributed by atoms with van der Waals surface area (Å²) in [6, 6.07) is 3.83. The number of nitrogens with zero attached hydrogens (tertiary/aromatic N) is 3. The van der Waals surface area contributed by atoms with Crippen molar-refractivity contribution >= 4 is 43.1 Å². The maximum atomic E-state index is 11.5. The van der Waals surface area contributed by atoms with Crippen LogP contribution in [0.15, 0.2) is 39.3 Å². The van der Waals surface area contributed by atoms with Gasteiger partial charge < -0.3 is 0 Å². The Balaban J connectivity index is 2.80. The Morgan fingerprint density at radius 1 is 1.00 bits per heavy atom. The van der Waals surface area contributed by atoms with Crippen LogP contribution in [0.2, 0.25) is 0 Å². The van der Waals surface area contributed by atoms with Gasteiger partial charge in [0, 0.05) is 15.0 Å². The zero-order valence-corrected chi connectivity index (χ0v) is 14.3. The molecule has 1 aliphatic carbocycles. The summed E-state index contributed by atoms with van der Waals surface area (Å²) in [6.45, 7) is 0. The normalized spacial score (nSPS) is 16.3. The lowest BCUT2D eigenvalue weighted by atomic mass is 9.86. The number of benzene rings is 1. The Hall–Kier alpha value is -2.14. The Bertz CT molecular complexity index is 775. The van der Waals surface area contributed by atoms with Crippen LogP contribution in [0.1, 0.15) is 12.0 Å². The molecule has 0 heterocycles. The van der Waals surface area contributed by atoms with Gasteiger partial charge in [0.1, 0.15) is 21.8 Å². The van der Waals surface area contributed by atoms with Gasteiger partial charge in [-0.25, -0.2) is 0 Å². The molecule has 0 atom stereocenters. The minimum atomic E-state index is -2.69. The summed E-state index contributed by atoms with van der Waals surface area (Å²) in [4.78, 5) is 31.4. The van der Waals surface area contributed by atoms with E-state index in [0.717, 1.165) is 12.1 Å². The fourth-order valence-corrected chi connectivity index (χ4v) is 3.15. The summed E-state index contributed by atoms with van der Waals surface area (Å²) < 4.78 is 0.642. The Labute approximate surface area is 145 Å². The topological polar surface area (TPSA) is 129 Å². The molecule has 0 aromatic heterocycles. The predicted molar refractivity (Wildman–Crippen MR) is 87.1 cm³/mol. The van der Waals surface area contributed by atoms with Crippen molar-refractivity contribution in [2.24, 2.45) is 0 Å². The van der Waals surface area contributed by atoms with Gasteiger partial charge in [-0.1, -0.05) is 37.9 Å². The molecule has 23 heavy (non-hydrogen) atoms. The van der Waals surface area contributed by atoms with Crippen molar-refractivity contribution in [2.75, 3.05) is 0 Å². The standard InChI is InChI=1S/C12H7Br2N3O6/c13-7-1-3-9(11(5-7)15(18)19)10-4-2-8(14)6-12(10,16(20)21)17(22)23/h1-5H,6H2. The molecular formula is C12H7Br2N3O6. The molecule has 2 rings (SSSR count). The number of allylic oxidation sites excluding steroid dienone is 2. The van der Waals surface area contributed by atoms with E-state index in [0.29, 0.717) is 4.47 Å². The van der Waals surface area contributed by atoms with Crippen molar-refractivity contribution < 1.29 is 14.8 Å². The number of rotatable bonds is 4. The fourth-order valence-electron chi connectivity index (χ4n) is 2.28. The first-order valence-corrected chi connectivity index (χ1v) is 7.59. The summed E-state index contributed by atoms with van der Waals surface area (Å²) in [7, 11) is 0. The highest BCUT2D eigenvalue weighted by Gasteiger charge is 2.62. The second-order valence-corrected chi connectivity index (χ2v) is 6.55. The highest BCUT2D eigenvalue weighted by Crippen LogP contribution is 2.43. The first-order chi connectivity index (χ1) is 10.7. The molecule has 1 aliphatic rings. The molecule has 0 N–H and O–H groups in total. The molecule has 9 nitrogen and oxygen atoms in total. The third kappa shape index (κ3) is 2.88. The minimum absolute atomic E-state index is 0.164. The van der Waals surface area contributed by atoms with Crippen LogP contribution in [0.25, 0.3) is 5.57 Å². The molecule has 0 saturated carbocycles. The maximum absolute atomic E-state index is 11.5. The molecule has 0 amide bonds. The van der Waals surface area contributed by atoms with Crippen molar-refractivity contribution in [2.45, 2.75) is 12.1 Å². The molecule has 0 bridgehead atoms. The van der Waals surface area contributed by atoms with Crippen molar-refractivity contribution in [3.63, 3.8) is 0 Å². The van der Waals surface area contributed by atoms with Crippen LogP contribution in [0.4, 0.5) is 5.69 Å². The Morgan fingerprint density at radius 3 is 2.13 bits per heavy atom. The van der Waals surface area contributed by atoms with Crippen LogP contribution < -0.4 is 0 Å². The largest absolute Gasteiger partial charge is 0.489 e. The van der Waals surface area contributed by atoms with Gasteiger partial charge in [0.05, 0.1) is 10.5 Å². The van der Waals surface area contributed by atoms with E-state index < -0.39 is 32.5 Å². The van der Waals surface area contributed by atoms with Crippen LogP contribution >= 0.6 is 31.9 Å². The van der Waals surface area contributed by atoms with Gasteiger partial charge in [0.15, 0.2) is 0 Å². The van der Waals surface area contributed by atoms with Gasteiger partial charge in [0.25, 0.3) is 5.69 Å². The smallest absolute Gasteiger partial charge is 0.258 e. The lowest BCUT2D eigenvalue weighted by molar-refractivity contribution is -0.775. The maximum Gasteiger partial charge on any atom is 0.489 e. The molecule has 0 radical (unpaired) electrons. The van der Waals surface area contributed by atoms with E-state index in [9.17, 15) is 30.3 Å². The highest BCUT2D eigenvalue weighted by molar-refractivity contribution is 9.11. The van der Waals surface area contributed by atoms with E-state index in [1.165, 1.54) is 18.2 Å². The van der Waals surface area contributed by atoms with Crippen LogP contribution in [0, 0.1) is 30.3 Å². The van der Waals surface area contributed by atoms with Crippen LogP contribution in [-0.2, 0) is 0 Å². The number of nitro groups is 3. The summed E-state index contributed by atoms with van der Waals surface area (Å²) in [5.41, 5.74) is -3.64. The van der Waals surface area contributed by atoms with Crippen molar-refractivity contribution in [1.82, 2.24) is 0 Å². The lowest BCUT2D eigenvalue weighted by Gasteiger charge is -2.22. The molecule has 11 heteroatoms. The van der Waals surface area contributed by atoms with E-state index in [-0.39, 0.29) is 15.6 Å². The molecule has 0 unspecified atom stereocenters. The second kappa shape index (κ2) is 6.16. The molecular weight excluding hydrogens is 442 g/mol. The van der Waals surface area contributed by atoms with E-state index in [4.69, 9.17) is 0 Å². The quantitative estimate of drug-likeness (QED) is 0.392. The van der Waals surface area contributed by atoms with E-state index >= 15 is 0 Å². The predicted octanol–water partition coefficient (Wildman–Crippen LogP) is 3.67. The molecule has 120 valence electrons. The van der Waals surface area contributed by atoms with Gasteiger partial charge in [0.2, 0.25) is 0 Å². The van der Waals surface area contributed by atoms with E-state index in [2.05, 4.69) is 31.9 Å². The van der Waals surface area contributed by atoms with Gasteiger partial charge in [-0.15, -0.1) is 0 Å². The Morgan fingerprint density at radius 2 is 1.61 bits per heavy atom. The molecule has 1 aromatic carbocycles. The van der Waals surface area contributed by atoms with Crippen LogP contribution in [0.5, 0.6) is 0 Å². The average molecular weight is 449 g/mol. The third-order valence-electron chi connectivity index (χ3n) is 3.33. The Kier molecular flexibility index (Phi) is 4.61. The zero-order valence-electron chi connectivity index (χ0n) is 11.1. The van der Waals surface area contributed by atoms with Crippen molar-refractivity contribution in [3.05, 3.63) is 75.2 Å². The molecule has 0 aliphatic heterocycles. The van der Waals surface area contributed by atoms with Crippen molar-refractivity contribution in [1.29, 1.82) is 0 Å². The zero-order chi connectivity index (χ0) is 17.4. The third-order valence-corrected chi connectivity index (χ3v) is 4.37. The second-order valence-electron chi connectivity index (χ2n) is 4.62. The molecule has 0 fully saturated rings. The monoisotopic (exact) mass is 447 g/mol. The number of hydrogen-bond donors (Lipinski definition) is 0. The first-order valence-electron chi connectivity index (χ1n) is 6.00. The molecule has 1 aromatic rings. The fraction of sp³-hybridized carbons (Fsp3) is 0.167. The molecule has 0 spiro atoms. The van der Waals surface area contributed by atoms with Crippen LogP contribution in [0.3, 0.4) is 0 Å². The summed E-state index contributed by atoms with van der Waals surface area (Å²) in [5, 5.41) is 34.2. The highest BCUT2D eigenvalue weighted by atomic mass is 79.9.